The van der Waals surface area contributed by atoms with Crippen LogP contribution in [0.3, 0.4) is 0 Å². The first kappa shape index (κ1) is 26.4. The Labute approximate surface area is 225 Å². The molecule has 0 atom stereocenters. The smallest absolute Gasteiger partial charge is 0.227 e. The predicted molar refractivity (Wildman–Crippen MR) is 144 cm³/mol. The van der Waals surface area contributed by atoms with Gasteiger partial charge in [0.1, 0.15) is 0 Å². The molecule has 0 aliphatic carbocycles. The number of halogens is 1. The number of ether oxygens (including phenoxy) is 1. The Morgan fingerprint density at radius 3 is 1.74 bits per heavy atom. The monoisotopic (exact) mass is 527 g/mol. The van der Waals surface area contributed by atoms with Crippen LogP contribution in [0.4, 0.5) is 0 Å². The molecule has 38 heavy (non-hydrogen) atoms. The summed E-state index contributed by atoms with van der Waals surface area (Å²) >= 11 is 0. The summed E-state index contributed by atoms with van der Waals surface area (Å²) in [5.41, 5.74) is 4.36. The van der Waals surface area contributed by atoms with Crippen molar-refractivity contribution >= 4 is 44.1 Å². The number of phenolic OH excluding ortho intramolecular Hbond substituents is 1. The predicted octanol–water partition coefficient (Wildman–Crippen LogP) is 3.80. The van der Waals surface area contributed by atoms with Crippen LogP contribution in [0.1, 0.15) is 11.4 Å². The molecule has 8 heteroatoms. The third kappa shape index (κ3) is 5.38. The Morgan fingerprint density at radius 1 is 0.658 bits per heavy atom. The normalized spacial score (nSPS) is 10.4. The van der Waals surface area contributed by atoms with Gasteiger partial charge >= 0.3 is 0 Å². The number of benzene rings is 2. The molecule has 5 aromatic heterocycles. The van der Waals surface area contributed by atoms with Crippen LogP contribution in [-0.2, 0) is 0 Å². The van der Waals surface area contributed by atoms with Crippen LogP contribution in [0.15, 0.2) is 100 Å². The minimum absolute atomic E-state index is 0. The van der Waals surface area contributed by atoms with Crippen LogP contribution in [0.25, 0.3) is 44.1 Å². The molecule has 0 spiro atoms. The van der Waals surface area contributed by atoms with Crippen LogP contribution in [0.2, 0.25) is 0 Å². The number of aromatic amines is 1. The quantitative estimate of drug-likeness (QED) is 0.349. The third-order valence-electron chi connectivity index (χ3n) is 5.78. The molecule has 0 saturated carbocycles. The molecule has 0 bridgehead atoms. The molecule has 0 aliphatic rings. The first-order chi connectivity index (χ1) is 18.0. The van der Waals surface area contributed by atoms with Gasteiger partial charge in [0.15, 0.2) is 35.1 Å². The number of phenols is 1. The number of hydrogen-bond donors (Lipinski definition) is 1. The van der Waals surface area contributed by atoms with Gasteiger partial charge in [0.25, 0.3) is 0 Å². The highest BCUT2D eigenvalue weighted by molar-refractivity contribution is 6.06. The van der Waals surface area contributed by atoms with Crippen molar-refractivity contribution in [1.29, 1.82) is 0 Å². The van der Waals surface area contributed by atoms with Crippen LogP contribution >= 0.6 is 0 Å². The number of para-hydroxylation sites is 2. The van der Waals surface area contributed by atoms with Crippen LogP contribution in [-0.4, -0.2) is 22.2 Å². The Balaban J connectivity index is 0.000000143. The largest absolute Gasteiger partial charge is 1.00 e. The van der Waals surface area contributed by atoms with Crippen LogP contribution < -0.4 is 22.1 Å². The molecule has 0 fully saturated rings. The summed E-state index contributed by atoms with van der Waals surface area (Å²) in [5, 5.41) is 13.5. The summed E-state index contributed by atoms with van der Waals surface area (Å²) in [7, 11) is 1.64. The van der Waals surface area contributed by atoms with E-state index in [0.717, 1.165) is 44.3 Å². The lowest BCUT2D eigenvalue weighted by molar-refractivity contribution is -0.377. The minimum Gasteiger partial charge on any atom is -1.00 e. The lowest BCUT2D eigenvalue weighted by Crippen LogP contribution is -3.00. The second kappa shape index (κ2) is 11.6. The average Bonchev–Trinajstić information content (AvgIpc) is 3.48. The van der Waals surface area contributed by atoms with Gasteiger partial charge in [-0.2, -0.15) is 0 Å². The number of aryl methyl sites for hydroxylation is 2. The second-order valence-electron chi connectivity index (χ2n) is 8.38. The van der Waals surface area contributed by atoms with Gasteiger partial charge < -0.3 is 31.1 Å². The maximum absolute atomic E-state index is 9.62. The van der Waals surface area contributed by atoms with E-state index in [1.165, 1.54) is 0 Å². The number of aromatic nitrogens is 3. The zero-order valence-corrected chi connectivity index (χ0v) is 21.9. The summed E-state index contributed by atoms with van der Waals surface area (Å²) in [4.78, 5) is 11.5. The molecule has 192 valence electrons. The lowest BCUT2D eigenvalue weighted by atomic mass is 10.2. The van der Waals surface area contributed by atoms with Crippen LogP contribution in [0.5, 0.6) is 11.5 Å². The molecule has 7 nitrogen and oxygen atoms in total. The molecule has 7 rings (SSSR count). The number of fused-ring (bicyclic) bond motifs is 6. The molecule has 0 aliphatic heterocycles. The van der Waals surface area contributed by atoms with Gasteiger partial charge in [-0.15, -0.1) is 0 Å². The van der Waals surface area contributed by atoms with Crippen molar-refractivity contribution in [3.63, 3.8) is 0 Å². The number of hydrogen-bond acceptors (Lipinski definition) is 6. The van der Waals surface area contributed by atoms with E-state index < -0.39 is 0 Å². The van der Waals surface area contributed by atoms with E-state index in [2.05, 4.69) is 15.0 Å². The van der Waals surface area contributed by atoms with Crippen molar-refractivity contribution in [3.05, 3.63) is 103 Å². The van der Waals surface area contributed by atoms with Crippen molar-refractivity contribution in [2.45, 2.75) is 13.8 Å². The second-order valence-corrected chi connectivity index (χ2v) is 8.38. The first-order valence-electron chi connectivity index (χ1n) is 11.8. The van der Waals surface area contributed by atoms with Gasteiger partial charge in [-0.3, -0.25) is 0 Å². The number of furan rings is 2. The summed E-state index contributed by atoms with van der Waals surface area (Å²) in [6.07, 6.45) is 3.75. The number of H-pyrrole nitrogens is 1. The molecule has 7 aromatic rings. The fourth-order valence-electron chi connectivity index (χ4n) is 4.00. The third-order valence-corrected chi connectivity index (χ3v) is 5.78. The molecule has 0 radical (unpaired) electrons. The molecule has 0 unspecified atom stereocenters. The topological polar surface area (TPSA) is 95.7 Å². The summed E-state index contributed by atoms with van der Waals surface area (Å²) in [6, 6.07) is 24.9. The van der Waals surface area contributed by atoms with E-state index in [1.807, 2.05) is 93.0 Å². The average molecular weight is 528 g/mol. The molecule has 2 aromatic carbocycles. The number of nitrogens with one attached hydrogen (secondary N) is 1. The van der Waals surface area contributed by atoms with E-state index in [4.69, 9.17) is 13.6 Å². The number of pyridine rings is 3. The van der Waals surface area contributed by atoms with Gasteiger partial charge in [0.2, 0.25) is 11.4 Å². The van der Waals surface area contributed by atoms with Crippen molar-refractivity contribution in [1.82, 2.24) is 9.97 Å². The zero-order chi connectivity index (χ0) is 25.8. The Bertz CT molecular complexity index is 1790. The molecular formula is C30H26ClN3O4. The van der Waals surface area contributed by atoms with Gasteiger partial charge in [0.05, 0.1) is 7.11 Å². The van der Waals surface area contributed by atoms with Gasteiger partial charge in [-0.25, -0.2) is 15.0 Å². The standard InChI is InChI=1S/C13H11NO2.C12H9NO2.C5H5N.ClH/c1-8-6-7-10-9-4-3-5-11(15-2)12(9)16-13(10)14-8;1-7-5-6-9-8-3-2-4-10(14)11(8)15-12(9)13-7;1-2-4-6-5-3-1;/h3-7H,1-2H3;2-6,14H,1H3;1-5H;1H. The summed E-state index contributed by atoms with van der Waals surface area (Å²) < 4.78 is 16.5. The van der Waals surface area contributed by atoms with E-state index in [1.54, 1.807) is 19.2 Å². The molecule has 5 heterocycles. The first-order valence-corrected chi connectivity index (χ1v) is 11.8. The van der Waals surface area contributed by atoms with Gasteiger partial charge in [-0.05, 0) is 50.2 Å². The zero-order valence-electron chi connectivity index (χ0n) is 21.1. The minimum atomic E-state index is 0. The number of nitrogens with zero attached hydrogens (tertiary/aromatic N) is 2. The molecule has 0 amide bonds. The Morgan fingerprint density at radius 2 is 1.21 bits per heavy atom. The summed E-state index contributed by atoms with van der Waals surface area (Å²) in [5.74, 6) is 0.899. The number of methoxy groups -OCH3 is 1. The number of rotatable bonds is 1. The Kier molecular flexibility index (Phi) is 8.09. The van der Waals surface area contributed by atoms with Crippen molar-refractivity contribution in [2.75, 3.05) is 7.11 Å². The van der Waals surface area contributed by atoms with E-state index in [-0.39, 0.29) is 18.2 Å². The maximum Gasteiger partial charge on any atom is 0.227 e. The van der Waals surface area contributed by atoms with E-state index in [9.17, 15) is 5.11 Å². The molecular weight excluding hydrogens is 502 g/mol. The highest BCUT2D eigenvalue weighted by atomic mass is 35.5. The van der Waals surface area contributed by atoms with Crippen molar-refractivity contribution in [3.8, 4) is 11.5 Å². The van der Waals surface area contributed by atoms with Crippen molar-refractivity contribution < 1.29 is 36.1 Å². The SMILES string of the molecule is COc1cccc2c1oc1nc(C)ccc12.Cc1ccc2c(n1)oc1c(O)cccc12.[Cl-].c1cc[nH+]cc1. The highest BCUT2D eigenvalue weighted by Gasteiger charge is 2.12. The highest BCUT2D eigenvalue weighted by Crippen LogP contribution is 2.34. The molecule has 2 N–H and O–H groups in total. The fourth-order valence-corrected chi connectivity index (χ4v) is 4.00. The Hall–Kier alpha value is -4.62. The number of aromatic hydroxyl groups is 1. The van der Waals surface area contributed by atoms with Crippen molar-refractivity contribution in [2.24, 2.45) is 0 Å². The summed E-state index contributed by atoms with van der Waals surface area (Å²) in [6.45, 7) is 3.86. The van der Waals surface area contributed by atoms with Gasteiger partial charge in [-0.1, -0.05) is 30.3 Å². The van der Waals surface area contributed by atoms with E-state index >= 15 is 0 Å². The lowest BCUT2D eigenvalue weighted by Gasteiger charge is -1.97. The van der Waals surface area contributed by atoms with E-state index in [0.29, 0.717) is 17.0 Å². The van der Waals surface area contributed by atoms with Gasteiger partial charge in [0, 0.05) is 45.1 Å². The van der Waals surface area contributed by atoms with Crippen LogP contribution in [0, 0.1) is 13.8 Å². The maximum atomic E-state index is 9.62. The molecule has 0 saturated heterocycles. The fraction of sp³-hybridized carbons (Fsp3) is 0.100.